The van der Waals surface area contributed by atoms with Crippen LogP contribution < -0.4 is 0 Å². The maximum absolute atomic E-state index is 11.9. The summed E-state index contributed by atoms with van der Waals surface area (Å²) in [7, 11) is 0. The van der Waals surface area contributed by atoms with Crippen LogP contribution in [0.15, 0.2) is 48.5 Å². The van der Waals surface area contributed by atoms with Crippen LogP contribution in [0.1, 0.15) is 23.2 Å². The molecule has 0 aromatic heterocycles. The molecule has 142 valence electrons. The first-order chi connectivity index (χ1) is 12.7. The summed E-state index contributed by atoms with van der Waals surface area (Å²) in [5, 5.41) is 48.6. The van der Waals surface area contributed by atoms with Gasteiger partial charge in [0.15, 0.2) is 0 Å². The fourth-order valence-corrected chi connectivity index (χ4v) is 2.83. The van der Waals surface area contributed by atoms with Crippen LogP contribution in [0.25, 0.3) is 0 Å². The number of phenols is 2. The van der Waals surface area contributed by atoms with Crippen molar-refractivity contribution in [2.75, 3.05) is 6.54 Å². The maximum atomic E-state index is 11.9. The van der Waals surface area contributed by atoms with Crippen molar-refractivity contribution >= 4 is 17.9 Å². The van der Waals surface area contributed by atoms with Gasteiger partial charge in [-0.2, -0.15) is 0 Å². The Morgan fingerprint density at radius 1 is 0.741 bits per heavy atom. The van der Waals surface area contributed by atoms with E-state index in [2.05, 4.69) is 0 Å². The van der Waals surface area contributed by atoms with E-state index in [9.17, 15) is 39.9 Å². The molecule has 2 unspecified atom stereocenters. The smallest absolute Gasteiger partial charge is 0.325 e. The van der Waals surface area contributed by atoms with Gasteiger partial charge in [0.25, 0.3) is 0 Å². The van der Waals surface area contributed by atoms with Gasteiger partial charge >= 0.3 is 17.9 Å². The molecule has 0 aliphatic rings. The number of aliphatic carboxylic acids is 3. The zero-order valence-electron chi connectivity index (χ0n) is 13.9. The van der Waals surface area contributed by atoms with E-state index >= 15 is 0 Å². The number of nitrogens with zero attached hydrogens (tertiary/aromatic N) is 1. The molecule has 0 aliphatic heterocycles. The van der Waals surface area contributed by atoms with E-state index in [4.69, 9.17) is 0 Å². The predicted octanol–water partition coefficient (Wildman–Crippen LogP) is 1.44. The van der Waals surface area contributed by atoms with E-state index in [1.165, 1.54) is 48.5 Å². The predicted molar refractivity (Wildman–Crippen MR) is 91.3 cm³/mol. The molecule has 0 saturated carbocycles. The molecule has 2 aromatic rings. The zero-order valence-corrected chi connectivity index (χ0v) is 13.9. The van der Waals surface area contributed by atoms with Crippen LogP contribution in [-0.2, 0) is 14.4 Å². The van der Waals surface area contributed by atoms with Crippen LogP contribution in [0.5, 0.6) is 11.5 Å². The average Bonchev–Trinajstić information content (AvgIpc) is 2.57. The van der Waals surface area contributed by atoms with Crippen molar-refractivity contribution in [3.05, 3.63) is 59.7 Å². The van der Waals surface area contributed by atoms with Gasteiger partial charge in [-0.15, -0.1) is 0 Å². The van der Waals surface area contributed by atoms with Crippen molar-refractivity contribution < 1.29 is 39.9 Å². The Labute approximate surface area is 153 Å². The Kier molecular flexibility index (Phi) is 5.99. The van der Waals surface area contributed by atoms with Crippen molar-refractivity contribution in [1.29, 1.82) is 0 Å². The average molecular weight is 375 g/mol. The fourth-order valence-electron chi connectivity index (χ4n) is 2.83. The summed E-state index contributed by atoms with van der Waals surface area (Å²) in [4.78, 5) is 35.9. The van der Waals surface area contributed by atoms with E-state index in [0.717, 1.165) is 0 Å². The van der Waals surface area contributed by atoms with Crippen molar-refractivity contribution in [3.63, 3.8) is 0 Å². The highest BCUT2D eigenvalue weighted by molar-refractivity contribution is 5.82. The molecule has 0 fully saturated rings. The summed E-state index contributed by atoms with van der Waals surface area (Å²) in [6.45, 7) is -0.962. The third kappa shape index (κ3) is 4.33. The second kappa shape index (κ2) is 8.19. The maximum Gasteiger partial charge on any atom is 0.325 e. The molecule has 9 nitrogen and oxygen atoms in total. The van der Waals surface area contributed by atoms with Gasteiger partial charge in [0.1, 0.15) is 23.6 Å². The number of benzene rings is 2. The first-order valence-electron chi connectivity index (χ1n) is 7.73. The van der Waals surface area contributed by atoms with Gasteiger partial charge in [-0.05, 0) is 12.1 Å². The van der Waals surface area contributed by atoms with E-state index in [1.807, 2.05) is 0 Å². The fraction of sp³-hybridized carbons (Fsp3) is 0.167. The molecular formula is C18H17NO8. The number of carboxylic acids is 3. The highest BCUT2D eigenvalue weighted by atomic mass is 16.4. The quantitative estimate of drug-likeness (QED) is 0.460. The number of hydrogen-bond acceptors (Lipinski definition) is 6. The van der Waals surface area contributed by atoms with Crippen LogP contribution >= 0.6 is 0 Å². The van der Waals surface area contributed by atoms with Gasteiger partial charge in [-0.3, -0.25) is 19.3 Å². The minimum Gasteiger partial charge on any atom is -0.508 e. The van der Waals surface area contributed by atoms with Crippen LogP contribution in [0, 0.1) is 0 Å². The molecule has 9 heteroatoms. The lowest BCUT2D eigenvalue weighted by Crippen LogP contribution is -2.43. The Morgan fingerprint density at radius 2 is 1.11 bits per heavy atom. The summed E-state index contributed by atoms with van der Waals surface area (Å²) in [6.07, 6.45) is 0. The van der Waals surface area contributed by atoms with Crippen molar-refractivity contribution in [2.24, 2.45) is 0 Å². The molecule has 0 amide bonds. The minimum atomic E-state index is -1.79. The van der Waals surface area contributed by atoms with Crippen LogP contribution in [0.2, 0.25) is 0 Å². The SMILES string of the molecule is O=C(O)CN(C(C(=O)O)c1ccccc1O)C(C(=O)O)c1ccccc1O. The lowest BCUT2D eigenvalue weighted by molar-refractivity contribution is -0.154. The highest BCUT2D eigenvalue weighted by Crippen LogP contribution is 2.37. The second-order valence-corrected chi connectivity index (χ2v) is 5.67. The molecular weight excluding hydrogens is 358 g/mol. The molecule has 0 saturated heterocycles. The Bertz CT molecular complexity index is 802. The lowest BCUT2D eigenvalue weighted by atomic mass is 9.97. The number of carboxylic acid groups (broad SMARTS) is 3. The second-order valence-electron chi connectivity index (χ2n) is 5.67. The number of rotatable bonds is 8. The normalized spacial score (nSPS) is 13.1. The summed E-state index contributed by atoms with van der Waals surface area (Å²) < 4.78 is 0. The van der Waals surface area contributed by atoms with Crippen molar-refractivity contribution in [2.45, 2.75) is 12.1 Å². The Morgan fingerprint density at radius 3 is 1.41 bits per heavy atom. The number of aromatic hydroxyl groups is 2. The van der Waals surface area contributed by atoms with Crippen LogP contribution in [0.4, 0.5) is 0 Å². The molecule has 0 radical (unpaired) electrons. The first-order valence-corrected chi connectivity index (χ1v) is 7.73. The van der Waals surface area contributed by atoms with Gasteiger partial charge in [-0.1, -0.05) is 36.4 Å². The number of carbonyl (C=O) groups is 3. The minimum absolute atomic E-state index is 0.173. The third-order valence-corrected chi connectivity index (χ3v) is 3.91. The van der Waals surface area contributed by atoms with Gasteiger partial charge in [0.05, 0.1) is 6.54 Å². The molecule has 27 heavy (non-hydrogen) atoms. The number of hydrogen-bond donors (Lipinski definition) is 5. The molecule has 2 aromatic carbocycles. The molecule has 2 atom stereocenters. The van der Waals surface area contributed by atoms with Gasteiger partial charge in [0, 0.05) is 11.1 Å². The van der Waals surface area contributed by atoms with E-state index < -0.39 is 48.0 Å². The largest absolute Gasteiger partial charge is 0.508 e. The molecule has 0 spiro atoms. The Hall–Kier alpha value is -3.59. The van der Waals surface area contributed by atoms with Crippen molar-refractivity contribution in [3.8, 4) is 11.5 Å². The molecule has 0 aliphatic carbocycles. The van der Waals surface area contributed by atoms with E-state index in [-0.39, 0.29) is 11.1 Å². The number of phenolic OH excluding ortho intramolecular Hbond substituents is 2. The summed E-state index contributed by atoms with van der Waals surface area (Å²) in [6, 6.07) is 7.10. The lowest BCUT2D eigenvalue weighted by Gasteiger charge is -2.33. The summed E-state index contributed by atoms with van der Waals surface area (Å²) in [5.41, 5.74) is -0.346. The highest BCUT2D eigenvalue weighted by Gasteiger charge is 2.40. The first kappa shape index (κ1) is 19.7. The topological polar surface area (TPSA) is 156 Å². The molecule has 0 bridgehead atoms. The third-order valence-electron chi connectivity index (χ3n) is 3.91. The summed E-state index contributed by atoms with van der Waals surface area (Å²) in [5.74, 6) is -5.44. The van der Waals surface area contributed by atoms with Gasteiger partial charge in [-0.25, -0.2) is 0 Å². The monoisotopic (exact) mass is 375 g/mol. The molecule has 0 heterocycles. The standard InChI is InChI=1S/C18H17NO8/c20-12-7-3-1-5-10(12)15(17(24)25)19(9-14(22)23)16(18(26)27)11-6-2-4-8-13(11)21/h1-8,15-16,20-21H,9H2,(H,22,23)(H,24,25)(H,26,27). The molecule has 2 rings (SSSR count). The molecule has 5 N–H and O–H groups in total. The Balaban J connectivity index is 2.68. The van der Waals surface area contributed by atoms with E-state index in [0.29, 0.717) is 4.90 Å². The van der Waals surface area contributed by atoms with Crippen LogP contribution in [-0.4, -0.2) is 54.9 Å². The van der Waals surface area contributed by atoms with Gasteiger partial charge < -0.3 is 25.5 Å². The number of para-hydroxylation sites is 2. The van der Waals surface area contributed by atoms with Gasteiger partial charge in [0.2, 0.25) is 0 Å². The summed E-state index contributed by atoms with van der Waals surface area (Å²) >= 11 is 0. The zero-order chi connectivity index (χ0) is 20.1. The van der Waals surface area contributed by atoms with E-state index in [1.54, 1.807) is 0 Å². The van der Waals surface area contributed by atoms with Crippen molar-refractivity contribution in [1.82, 2.24) is 4.90 Å². The van der Waals surface area contributed by atoms with Crippen LogP contribution in [0.3, 0.4) is 0 Å².